The monoisotopic (exact) mass is 319 g/mol. The minimum Gasteiger partial charge on any atom is -0.363 e. The summed E-state index contributed by atoms with van der Waals surface area (Å²) in [4.78, 5) is 8.64. The lowest BCUT2D eigenvalue weighted by atomic mass is 9.99. The summed E-state index contributed by atoms with van der Waals surface area (Å²) in [5.41, 5.74) is 3.81. The molecule has 2 heterocycles. The Bertz CT molecular complexity index is 874. The Labute approximate surface area is 141 Å². The van der Waals surface area contributed by atoms with Gasteiger partial charge in [0.1, 0.15) is 12.1 Å². The van der Waals surface area contributed by atoms with Crippen LogP contribution in [0.25, 0.3) is 5.78 Å². The maximum Gasteiger partial charge on any atom is 0.254 e. The summed E-state index contributed by atoms with van der Waals surface area (Å²) >= 11 is 0. The molecule has 0 saturated heterocycles. The molecule has 1 N–H and O–H groups in total. The van der Waals surface area contributed by atoms with E-state index in [-0.39, 0.29) is 0 Å². The van der Waals surface area contributed by atoms with Gasteiger partial charge >= 0.3 is 0 Å². The van der Waals surface area contributed by atoms with Crippen molar-refractivity contribution in [2.75, 3.05) is 5.32 Å². The first kappa shape index (κ1) is 14.0. The van der Waals surface area contributed by atoms with Gasteiger partial charge in [-0.2, -0.15) is 14.6 Å². The summed E-state index contributed by atoms with van der Waals surface area (Å²) in [5, 5.41) is 8.02. The predicted molar refractivity (Wildman–Crippen MR) is 93.0 cm³/mol. The fraction of sp³-hybridized carbons (Fsp3) is 0.421. The number of hydrogen-bond acceptors (Lipinski definition) is 4. The van der Waals surface area contributed by atoms with E-state index in [0.29, 0.717) is 17.7 Å². The van der Waals surface area contributed by atoms with Gasteiger partial charge in [-0.05, 0) is 55.6 Å². The molecule has 122 valence electrons. The van der Waals surface area contributed by atoms with Gasteiger partial charge in [0, 0.05) is 11.8 Å². The molecule has 5 heteroatoms. The molecule has 0 bridgehead atoms. The van der Waals surface area contributed by atoms with Crippen molar-refractivity contribution < 1.29 is 0 Å². The maximum atomic E-state index is 4.42. The van der Waals surface area contributed by atoms with Crippen molar-refractivity contribution in [2.24, 2.45) is 5.92 Å². The first-order valence-electron chi connectivity index (χ1n) is 8.82. The van der Waals surface area contributed by atoms with Gasteiger partial charge in [-0.25, -0.2) is 4.98 Å². The topological polar surface area (TPSA) is 55.1 Å². The van der Waals surface area contributed by atoms with Crippen molar-refractivity contribution in [3.63, 3.8) is 0 Å². The van der Waals surface area contributed by atoms with E-state index in [9.17, 15) is 0 Å². The smallest absolute Gasteiger partial charge is 0.254 e. The lowest BCUT2D eigenvalue weighted by Gasteiger charge is -2.21. The van der Waals surface area contributed by atoms with Crippen molar-refractivity contribution in [1.82, 2.24) is 19.6 Å². The SMILES string of the molecule is Cc1cc(NC(c2ccc(C3CC3)cc2)C2CC2)n2ncnc2n1. The molecule has 2 fully saturated rings. The average molecular weight is 319 g/mol. The van der Waals surface area contributed by atoms with E-state index in [2.05, 4.69) is 50.7 Å². The normalized spacial score (nSPS) is 18.7. The van der Waals surface area contributed by atoms with Gasteiger partial charge in [-0.15, -0.1) is 0 Å². The molecule has 2 aliphatic rings. The molecule has 5 rings (SSSR count). The van der Waals surface area contributed by atoms with Crippen LogP contribution in [0.15, 0.2) is 36.7 Å². The summed E-state index contributed by atoms with van der Waals surface area (Å²) in [6.45, 7) is 2.00. The summed E-state index contributed by atoms with van der Waals surface area (Å²) in [7, 11) is 0. The quantitative estimate of drug-likeness (QED) is 0.775. The van der Waals surface area contributed by atoms with Gasteiger partial charge in [0.05, 0.1) is 6.04 Å². The standard InChI is InChI=1S/C19H21N5/c1-12-10-17(24-19(22-12)20-11-21-24)23-18(16-8-9-16)15-6-4-14(5-7-15)13-2-3-13/h4-7,10-11,13,16,18,23H,2-3,8-9H2,1H3. The zero-order valence-corrected chi connectivity index (χ0v) is 13.8. The molecular formula is C19H21N5. The molecule has 0 radical (unpaired) electrons. The Hall–Kier alpha value is -2.43. The highest BCUT2D eigenvalue weighted by molar-refractivity contribution is 5.47. The first-order chi connectivity index (χ1) is 11.8. The molecule has 0 aliphatic heterocycles. The molecule has 1 aromatic carbocycles. The molecular weight excluding hydrogens is 298 g/mol. The number of rotatable bonds is 5. The van der Waals surface area contributed by atoms with Crippen LogP contribution in [0, 0.1) is 12.8 Å². The van der Waals surface area contributed by atoms with Gasteiger partial charge in [0.2, 0.25) is 0 Å². The average Bonchev–Trinajstić information content (AvgIpc) is 3.50. The number of anilines is 1. The number of aromatic nitrogens is 4. The predicted octanol–water partition coefficient (Wildman–Crippen LogP) is 3.87. The van der Waals surface area contributed by atoms with Crippen LogP contribution < -0.4 is 5.32 Å². The highest BCUT2D eigenvalue weighted by atomic mass is 15.4. The van der Waals surface area contributed by atoms with E-state index < -0.39 is 0 Å². The highest BCUT2D eigenvalue weighted by Gasteiger charge is 2.33. The fourth-order valence-electron chi connectivity index (χ4n) is 3.49. The highest BCUT2D eigenvalue weighted by Crippen LogP contribution is 2.44. The third kappa shape index (κ3) is 2.54. The third-order valence-electron chi connectivity index (χ3n) is 5.12. The van der Waals surface area contributed by atoms with Crippen LogP contribution in [0.5, 0.6) is 0 Å². The second-order valence-corrected chi connectivity index (χ2v) is 7.15. The van der Waals surface area contributed by atoms with Crippen LogP contribution in [-0.2, 0) is 0 Å². The Balaban J connectivity index is 1.48. The lowest BCUT2D eigenvalue weighted by Crippen LogP contribution is -2.16. The summed E-state index contributed by atoms with van der Waals surface area (Å²) in [6.07, 6.45) is 6.83. The van der Waals surface area contributed by atoms with Gasteiger partial charge in [0.15, 0.2) is 0 Å². The van der Waals surface area contributed by atoms with Gasteiger partial charge in [0.25, 0.3) is 5.78 Å². The molecule has 2 aromatic heterocycles. The van der Waals surface area contributed by atoms with Crippen molar-refractivity contribution >= 4 is 11.6 Å². The van der Waals surface area contributed by atoms with Gasteiger partial charge in [-0.3, -0.25) is 0 Å². The van der Waals surface area contributed by atoms with E-state index in [1.165, 1.54) is 36.8 Å². The molecule has 0 amide bonds. The second kappa shape index (κ2) is 5.30. The van der Waals surface area contributed by atoms with Crippen LogP contribution >= 0.6 is 0 Å². The molecule has 5 nitrogen and oxygen atoms in total. The van der Waals surface area contributed by atoms with Crippen LogP contribution in [0.3, 0.4) is 0 Å². The zero-order valence-electron chi connectivity index (χ0n) is 13.8. The Morgan fingerprint density at radius 1 is 1.12 bits per heavy atom. The summed E-state index contributed by atoms with van der Waals surface area (Å²) in [5.74, 6) is 3.13. The van der Waals surface area contributed by atoms with Crippen molar-refractivity contribution in [2.45, 2.75) is 44.6 Å². The van der Waals surface area contributed by atoms with E-state index in [0.717, 1.165) is 17.4 Å². The number of nitrogens with one attached hydrogen (secondary N) is 1. The van der Waals surface area contributed by atoms with E-state index >= 15 is 0 Å². The summed E-state index contributed by atoms with van der Waals surface area (Å²) in [6, 6.07) is 11.6. The third-order valence-corrected chi connectivity index (χ3v) is 5.12. The molecule has 2 saturated carbocycles. The van der Waals surface area contributed by atoms with Crippen molar-refractivity contribution in [3.8, 4) is 0 Å². The molecule has 1 unspecified atom stereocenters. The molecule has 3 aromatic rings. The van der Waals surface area contributed by atoms with Crippen LogP contribution in [0.4, 0.5) is 5.82 Å². The van der Waals surface area contributed by atoms with Crippen molar-refractivity contribution in [3.05, 3.63) is 53.5 Å². The lowest BCUT2D eigenvalue weighted by molar-refractivity contribution is 0.669. The van der Waals surface area contributed by atoms with Crippen LogP contribution in [0.2, 0.25) is 0 Å². The Morgan fingerprint density at radius 3 is 2.62 bits per heavy atom. The largest absolute Gasteiger partial charge is 0.363 e. The Kier molecular flexibility index (Phi) is 3.08. The minimum absolute atomic E-state index is 0.326. The van der Waals surface area contributed by atoms with Crippen LogP contribution in [-0.4, -0.2) is 19.6 Å². The maximum absolute atomic E-state index is 4.42. The van der Waals surface area contributed by atoms with Crippen molar-refractivity contribution in [1.29, 1.82) is 0 Å². The van der Waals surface area contributed by atoms with E-state index in [1.807, 2.05) is 6.92 Å². The minimum atomic E-state index is 0.326. The molecule has 0 spiro atoms. The molecule has 2 aliphatic carbocycles. The number of hydrogen-bond donors (Lipinski definition) is 1. The number of benzene rings is 1. The fourth-order valence-corrected chi connectivity index (χ4v) is 3.49. The van der Waals surface area contributed by atoms with E-state index in [1.54, 1.807) is 10.8 Å². The molecule has 1 atom stereocenters. The number of aryl methyl sites for hydroxylation is 1. The van der Waals surface area contributed by atoms with Gasteiger partial charge in [-0.1, -0.05) is 24.3 Å². The van der Waals surface area contributed by atoms with E-state index in [4.69, 9.17) is 0 Å². The first-order valence-corrected chi connectivity index (χ1v) is 8.82. The zero-order chi connectivity index (χ0) is 16.1. The second-order valence-electron chi connectivity index (χ2n) is 7.15. The van der Waals surface area contributed by atoms with Crippen LogP contribution in [0.1, 0.15) is 54.5 Å². The van der Waals surface area contributed by atoms with Gasteiger partial charge < -0.3 is 5.32 Å². The number of fused-ring (bicyclic) bond motifs is 1. The molecule has 24 heavy (non-hydrogen) atoms. The Morgan fingerprint density at radius 2 is 1.92 bits per heavy atom. The number of nitrogens with zero attached hydrogens (tertiary/aromatic N) is 4. The summed E-state index contributed by atoms with van der Waals surface area (Å²) < 4.78 is 1.79.